The van der Waals surface area contributed by atoms with E-state index < -0.39 is 25.9 Å². The van der Waals surface area contributed by atoms with Crippen LogP contribution in [0.1, 0.15) is 55.4 Å². The quantitative estimate of drug-likeness (QED) is 0.764. The Labute approximate surface area is 164 Å². The third kappa shape index (κ3) is 4.11. The lowest BCUT2D eigenvalue weighted by molar-refractivity contribution is 0.501. The average Bonchev–Trinajstić information content (AvgIpc) is 2.51. The van der Waals surface area contributed by atoms with Crippen molar-refractivity contribution in [3.63, 3.8) is 0 Å². The van der Waals surface area contributed by atoms with Gasteiger partial charge in [-0.2, -0.15) is 5.26 Å². The first-order chi connectivity index (χ1) is 12.3. The summed E-state index contributed by atoms with van der Waals surface area (Å²) in [4.78, 5) is 4.61. The summed E-state index contributed by atoms with van der Waals surface area (Å²) in [5.41, 5.74) is 3.42. The molecule has 0 bridgehead atoms. The van der Waals surface area contributed by atoms with Crippen molar-refractivity contribution in [2.45, 2.75) is 56.7 Å². The molecule has 1 aromatic carbocycles. The monoisotopic (exact) mass is 407 g/mol. The highest BCUT2D eigenvalue weighted by Crippen LogP contribution is 2.36. The highest BCUT2D eigenvalue weighted by molar-refractivity contribution is 7.90. The molecule has 0 amide bonds. The van der Waals surface area contributed by atoms with E-state index in [1.54, 1.807) is 20.8 Å². The molecule has 0 fully saturated rings. The molecule has 0 aliphatic carbocycles. The van der Waals surface area contributed by atoms with Crippen LogP contribution in [0.4, 0.5) is 0 Å². The van der Waals surface area contributed by atoms with Crippen molar-refractivity contribution < 1.29 is 13.0 Å². The van der Waals surface area contributed by atoms with Crippen LogP contribution in [-0.4, -0.2) is 29.0 Å². The molecule has 1 heterocycles. The Kier molecular flexibility index (Phi) is 5.93. The predicted octanol–water partition coefficient (Wildman–Crippen LogP) is 3.02. The van der Waals surface area contributed by atoms with Gasteiger partial charge in [0.1, 0.15) is 12.3 Å². The lowest BCUT2D eigenvalue weighted by Gasteiger charge is -2.26. The number of nitrogens with zero attached hydrogens (tertiary/aromatic N) is 2. The molecule has 0 saturated heterocycles. The summed E-state index contributed by atoms with van der Waals surface area (Å²) in [5.74, 6) is -0.180. The Hall–Kier alpha value is -1.66. The van der Waals surface area contributed by atoms with Gasteiger partial charge < -0.3 is 4.55 Å². The zero-order valence-electron chi connectivity index (χ0n) is 16.5. The number of hydrogen-bond acceptors (Lipinski definition) is 5. The number of rotatable bonds is 5. The Bertz CT molecular complexity index is 1040. The van der Waals surface area contributed by atoms with Crippen LogP contribution >= 0.6 is 0 Å². The third-order valence-electron chi connectivity index (χ3n) is 4.95. The second-order valence-electron chi connectivity index (χ2n) is 7.64. The van der Waals surface area contributed by atoms with Gasteiger partial charge in [0, 0.05) is 22.1 Å². The molecular formula is C19H25N3O3S2. The van der Waals surface area contributed by atoms with Gasteiger partial charge in [-0.05, 0) is 51.7 Å². The minimum Gasteiger partial charge on any atom is -0.610 e. The van der Waals surface area contributed by atoms with Crippen LogP contribution in [0, 0.1) is 25.2 Å². The summed E-state index contributed by atoms with van der Waals surface area (Å²) in [6, 6.07) is 6.04. The van der Waals surface area contributed by atoms with Gasteiger partial charge >= 0.3 is 0 Å². The van der Waals surface area contributed by atoms with Crippen LogP contribution in [0.5, 0.6) is 0 Å². The third-order valence-corrected chi connectivity index (χ3v) is 7.59. The van der Waals surface area contributed by atoms with Gasteiger partial charge in [0.25, 0.3) is 0 Å². The highest BCUT2D eigenvalue weighted by atomic mass is 32.2. The van der Waals surface area contributed by atoms with E-state index in [2.05, 4.69) is 11.1 Å². The smallest absolute Gasteiger partial charge is 0.249 e. The molecule has 1 aromatic heterocycles. The molecule has 2 atom stereocenters. The summed E-state index contributed by atoms with van der Waals surface area (Å²) in [6.45, 7) is 8.78. The maximum absolute atomic E-state index is 12.1. The van der Waals surface area contributed by atoms with E-state index in [4.69, 9.17) is 5.14 Å². The van der Waals surface area contributed by atoms with Crippen molar-refractivity contribution in [1.82, 2.24) is 4.98 Å². The number of aromatic nitrogens is 1. The van der Waals surface area contributed by atoms with Crippen molar-refractivity contribution in [3.8, 4) is 6.07 Å². The zero-order chi connectivity index (χ0) is 20.7. The Morgan fingerprint density at radius 2 is 1.96 bits per heavy atom. The SMILES string of the molecule is Cc1cc(C(C)CC(C)(C)S(N)(=O)=O)c2nc([S+](C)[O-])c(C)c(C#N)c2c1. The number of aryl methyl sites for hydroxylation is 1. The number of hydrogen-bond donors (Lipinski definition) is 1. The Balaban J connectivity index is 2.77. The Morgan fingerprint density at radius 1 is 1.37 bits per heavy atom. The maximum Gasteiger partial charge on any atom is 0.249 e. The van der Waals surface area contributed by atoms with Crippen molar-refractivity contribution >= 4 is 32.1 Å². The molecule has 2 rings (SSSR count). The summed E-state index contributed by atoms with van der Waals surface area (Å²) in [7, 11) is -3.73. The second kappa shape index (κ2) is 7.40. The maximum atomic E-state index is 12.1. The van der Waals surface area contributed by atoms with E-state index >= 15 is 0 Å². The molecule has 6 nitrogen and oxygen atoms in total. The second-order valence-corrected chi connectivity index (χ2v) is 11.1. The number of benzene rings is 1. The van der Waals surface area contributed by atoms with Crippen molar-refractivity contribution in [2.75, 3.05) is 6.26 Å². The first-order valence-corrected chi connectivity index (χ1v) is 11.6. The molecule has 0 aliphatic rings. The molecule has 0 radical (unpaired) electrons. The predicted molar refractivity (Wildman–Crippen MR) is 108 cm³/mol. The lowest BCUT2D eigenvalue weighted by Crippen LogP contribution is -2.38. The van der Waals surface area contributed by atoms with Crippen LogP contribution in [0.2, 0.25) is 0 Å². The molecule has 27 heavy (non-hydrogen) atoms. The van der Waals surface area contributed by atoms with Gasteiger partial charge in [-0.15, -0.1) is 0 Å². The van der Waals surface area contributed by atoms with E-state index in [1.807, 2.05) is 26.0 Å². The number of fused-ring (bicyclic) bond motifs is 1. The lowest BCUT2D eigenvalue weighted by atomic mass is 9.88. The molecule has 2 aromatic rings. The molecule has 0 aliphatic heterocycles. The summed E-state index contributed by atoms with van der Waals surface area (Å²) in [5, 5.41) is 16.1. The fraction of sp³-hybridized carbons (Fsp3) is 0.474. The van der Waals surface area contributed by atoms with E-state index in [0.717, 1.165) is 11.1 Å². The fourth-order valence-corrected chi connectivity index (χ4v) is 4.62. The van der Waals surface area contributed by atoms with Crippen LogP contribution in [0.15, 0.2) is 17.2 Å². The molecule has 0 spiro atoms. The Morgan fingerprint density at radius 3 is 2.44 bits per heavy atom. The standard InChI is InChI=1S/C19H25N3O3S2/c1-11-7-14(12(2)9-19(4,5)27(21,24)25)17-15(8-11)16(10-20)13(3)18(22-17)26(6)23/h7-8,12H,9H2,1-6H3,(H2,21,24,25). The van der Waals surface area contributed by atoms with Crippen LogP contribution in [-0.2, 0) is 21.2 Å². The zero-order valence-corrected chi connectivity index (χ0v) is 18.1. The highest BCUT2D eigenvalue weighted by Gasteiger charge is 2.34. The van der Waals surface area contributed by atoms with Crippen LogP contribution in [0.25, 0.3) is 10.9 Å². The van der Waals surface area contributed by atoms with E-state index in [-0.39, 0.29) is 5.92 Å². The normalized spacial score (nSPS) is 14.8. The number of nitriles is 1. The van der Waals surface area contributed by atoms with Gasteiger partial charge in [-0.3, -0.25) is 0 Å². The fourth-order valence-electron chi connectivity index (χ4n) is 3.38. The van der Waals surface area contributed by atoms with Gasteiger partial charge in [-0.25, -0.2) is 18.5 Å². The number of pyridine rings is 1. The molecule has 2 unspecified atom stereocenters. The minimum atomic E-state index is -3.73. The summed E-state index contributed by atoms with van der Waals surface area (Å²) >= 11 is -1.35. The van der Waals surface area contributed by atoms with E-state index in [0.29, 0.717) is 33.5 Å². The van der Waals surface area contributed by atoms with Crippen molar-refractivity contribution in [1.29, 1.82) is 5.26 Å². The topological polar surface area (TPSA) is 120 Å². The summed E-state index contributed by atoms with van der Waals surface area (Å²) < 4.78 is 34.9. The number of nitrogens with two attached hydrogens (primary N) is 1. The van der Waals surface area contributed by atoms with E-state index in [9.17, 15) is 18.2 Å². The molecule has 146 valence electrons. The number of sulfonamides is 1. The number of primary sulfonamides is 1. The molecule has 8 heteroatoms. The van der Waals surface area contributed by atoms with Crippen LogP contribution < -0.4 is 5.14 Å². The molecule has 2 N–H and O–H groups in total. The van der Waals surface area contributed by atoms with Crippen molar-refractivity contribution in [2.24, 2.45) is 5.14 Å². The van der Waals surface area contributed by atoms with Crippen LogP contribution in [0.3, 0.4) is 0 Å². The van der Waals surface area contributed by atoms with Gasteiger partial charge in [-0.1, -0.05) is 18.6 Å². The van der Waals surface area contributed by atoms with E-state index in [1.165, 1.54) is 6.26 Å². The first-order valence-electron chi connectivity index (χ1n) is 8.51. The van der Waals surface area contributed by atoms with Gasteiger partial charge in [0.15, 0.2) is 0 Å². The minimum absolute atomic E-state index is 0.180. The first kappa shape index (κ1) is 21.6. The average molecular weight is 408 g/mol. The summed E-state index contributed by atoms with van der Waals surface area (Å²) in [6.07, 6.45) is 1.83. The van der Waals surface area contributed by atoms with Gasteiger partial charge in [0.2, 0.25) is 15.0 Å². The van der Waals surface area contributed by atoms with Crippen molar-refractivity contribution in [3.05, 3.63) is 34.4 Å². The largest absolute Gasteiger partial charge is 0.610 e. The molecule has 0 saturated carbocycles. The van der Waals surface area contributed by atoms with Gasteiger partial charge in [0.05, 0.1) is 15.8 Å². The molecular weight excluding hydrogens is 382 g/mol.